The number of aliphatic carboxylic acids is 1. The topological polar surface area (TPSA) is 55.8 Å². The van der Waals surface area contributed by atoms with Gasteiger partial charge in [0.1, 0.15) is 18.1 Å². The van der Waals surface area contributed by atoms with E-state index < -0.39 is 11.6 Å². The molecule has 116 valence electrons. The maximum atomic E-state index is 11.3. The van der Waals surface area contributed by atoms with E-state index in [0.717, 1.165) is 5.56 Å². The van der Waals surface area contributed by atoms with E-state index in [1.807, 2.05) is 36.4 Å². The maximum Gasteiger partial charge on any atom is 0.347 e. The first-order valence-corrected chi connectivity index (χ1v) is 7.23. The molecule has 0 aliphatic carbocycles. The average Bonchev–Trinajstić information content (AvgIpc) is 2.54. The first-order chi connectivity index (χ1) is 10.5. The first-order valence-electron chi connectivity index (χ1n) is 7.23. The number of benzene rings is 2. The Morgan fingerprint density at radius 1 is 1.09 bits per heavy atom. The lowest BCUT2D eigenvalue weighted by Gasteiger charge is -2.25. The smallest absolute Gasteiger partial charge is 0.347 e. The maximum absolute atomic E-state index is 11.3. The van der Waals surface area contributed by atoms with Crippen molar-refractivity contribution >= 4 is 5.97 Å². The summed E-state index contributed by atoms with van der Waals surface area (Å²) in [6.07, 6.45) is 0.372. The molecule has 0 spiro atoms. The van der Waals surface area contributed by atoms with Crippen molar-refractivity contribution in [2.75, 3.05) is 0 Å². The van der Waals surface area contributed by atoms with Crippen LogP contribution < -0.4 is 9.47 Å². The van der Waals surface area contributed by atoms with Crippen LogP contribution in [-0.4, -0.2) is 16.7 Å². The van der Waals surface area contributed by atoms with Gasteiger partial charge in [0, 0.05) is 6.07 Å². The van der Waals surface area contributed by atoms with Crippen molar-refractivity contribution in [1.29, 1.82) is 0 Å². The summed E-state index contributed by atoms with van der Waals surface area (Å²) in [6.45, 7) is 3.80. The van der Waals surface area contributed by atoms with Gasteiger partial charge in [0.05, 0.1) is 0 Å². The molecule has 2 aromatic rings. The molecule has 0 aliphatic rings. The van der Waals surface area contributed by atoms with Crippen molar-refractivity contribution in [2.24, 2.45) is 0 Å². The van der Waals surface area contributed by atoms with Crippen molar-refractivity contribution in [2.45, 2.75) is 32.5 Å². The zero-order valence-corrected chi connectivity index (χ0v) is 12.8. The van der Waals surface area contributed by atoms with E-state index in [1.54, 1.807) is 32.0 Å². The summed E-state index contributed by atoms with van der Waals surface area (Å²) in [5.74, 6) is 0.146. The normalized spacial score (nSPS) is 13.2. The highest BCUT2D eigenvalue weighted by Crippen LogP contribution is 2.26. The molecule has 0 bridgehead atoms. The van der Waals surface area contributed by atoms with E-state index in [2.05, 4.69) is 0 Å². The van der Waals surface area contributed by atoms with Crippen LogP contribution in [0.1, 0.15) is 25.8 Å². The Bertz CT molecular complexity index is 624. The Balaban J connectivity index is 2.05. The van der Waals surface area contributed by atoms with Crippen LogP contribution in [0.25, 0.3) is 0 Å². The van der Waals surface area contributed by atoms with Crippen LogP contribution in [0.15, 0.2) is 54.6 Å². The minimum Gasteiger partial charge on any atom is -0.489 e. The van der Waals surface area contributed by atoms with Gasteiger partial charge in [-0.25, -0.2) is 4.79 Å². The van der Waals surface area contributed by atoms with Gasteiger partial charge in [-0.3, -0.25) is 0 Å². The van der Waals surface area contributed by atoms with Gasteiger partial charge in [0.25, 0.3) is 0 Å². The number of rotatable bonds is 7. The second-order valence-corrected chi connectivity index (χ2v) is 5.24. The van der Waals surface area contributed by atoms with Gasteiger partial charge in [-0.1, -0.05) is 43.3 Å². The van der Waals surface area contributed by atoms with E-state index in [9.17, 15) is 9.90 Å². The minimum absolute atomic E-state index is 0.372. The molecule has 0 saturated heterocycles. The number of carbonyl (C=O) groups is 1. The lowest BCUT2D eigenvalue weighted by atomic mass is 10.0. The lowest BCUT2D eigenvalue weighted by molar-refractivity contribution is -0.154. The molecule has 1 atom stereocenters. The fourth-order valence-electron chi connectivity index (χ4n) is 1.90. The first kappa shape index (κ1) is 15.9. The highest BCUT2D eigenvalue weighted by Gasteiger charge is 2.33. The molecule has 0 aliphatic heterocycles. The molecule has 4 nitrogen and oxygen atoms in total. The van der Waals surface area contributed by atoms with Gasteiger partial charge in [-0.2, -0.15) is 0 Å². The summed E-state index contributed by atoms with van der Waals surface area (Å²) in [5, 5.41) is 9.26. The molecule has 0 aromatic heterocycles. The zero-order valence-electron chi connectivity index (χ0n) is 12.8. The summed E-state index contributed by atoms with van der Waals surface area (Å²) in [7, 11) is 0. The summed E-state index contributed by atoms with van der Waals surface area (Å²) in [5.41, 5.74) is -0.171. The fraction of sp³-hybridized carbons (Fsp3) is 0.278. The van der Waals surface area contributed by atoms with Gasteiger partial charge in [0.2, 0.25) is 5.60 Å². The number of ether oxygens (including phenoxy) is 2. The highest BCUT2D eigenvalue weighted by atomic mass is 16.5. The predicted octanol–water partition coefficient (Wildman–Crippen LogP) is 3.90. The Morgan fingerprint density at radius 2 is 1.77 bits per heavy atom. The van der Waals surface area contributed by atoms with Crippen LogP contribution in [-0.2, 0) is 11.4 Å². The van der Waals surface area contributed by atoms with Crippen molar-refractivity contribution < 1.29 is 19.4 Å². The number of hydrogen-bond acceptors (Lipinski definition) is 3. The molecule has 22 heavy (non-hydrogen) atoms. The SMILES string of the molecule is CC[C@@](C)(Oc1cccc(OCc2ccccc2)c1)C(=O)O. The molecule has 0 fully saturated rings. The van der Waals surface area contributed by atoms with Crippen molar-refractivity contribution in [1.82, 2.24) is 0 Å². The third kappa shape index (κ3) is 4.01. The molecule has 0 amide bonds. The molecular weight excluding hydrogens is 280 g/mol. The number of carboxylic acids is 1. The summed E-state index contributed by atoms with van der Waals surface area (Å²) in [6, 6.07) is 16.9. The monoisotopic (exact) mass is 300 g/mol. The van der Waals surface area contributed by atoms with Gasteiger partial charge in [0.15, 0.2) is 0 Å². The molecule has 0 saturated carbocycles. The van der Waals surface area contributed by atoms with Crippen LogP contribution in [0.2, 0.25) is 0 Å². The summed E-state index contributed by atoms with van der Waals surface area (Å²) >= 11 is 0. The molecule has 0 radical (unpaired) electrons. The van der Waals surface area contributed by atoms with Gasteiger partial charge < -0.3 is 14.6 Å². The van der Waals surface area contributed by atoms with Crippen LogP contribution >= 0.6 is 0 Å². The molecule has 1 N–H and O–H groups in total. The predicted molar refractivity (Wildman–Crippen MR) is 84.2 cm³/mol. The third-order valence-electron chi connectivity index (χ3n) is 3.52. The van der Waals surface area contributed by atoms with Crippen LogP contribution in [0.3, 0.4) is 0 Å². The van der Waals surface area contributed by atoms with Crippen LogP contribution in [0, 0.1) is 0 Å². The molecule has 0 unspecified atom stereocenters. The Labute approximate surface area is 130 Å². The van der Waals surface area contributed by atoms with Gasteiger partial charge in [-0.05, 0) is 31.0 Å². The summed E-state index contributed by atoms with van der Waals surface area (Å²) in [4.78, 5) is 11.3. The van der Waals surface area contributed by atoms with Gasteiger partial charge >= 0.3 is 5.97 Å². The largest absolute Gasteiger partial charge is 0.489 e. The van der Waals surface area contributed by atoms with E-state index in [-0.39, 0.29) is 0 Å². The molecule has 4 heteroatoms. The molecular formula is C18H20O4. The minimum atomic E-state index is -1.24. The van der Waals surface area contributed by atoms with E-state index in [1.165, 1.54) is 0 Å². The molecule has 0 heterocycles. The van der Waals surface area contributed by atoms with Crippen molar-refractivity contribution in [3.8, 4) is 11.5 Å². The average molecular weight is 300 g/mol. The van der Waals surface area contributed by atoms with Gasteiger partial charge in [-0.15, -0.1) is 0 Å². The van der Waals surface area contributed by atoms with E-state index in [0.29, 0.717) is 24.5 Å². The zero-order chi connectivity index (χ0) is 16.0. The Kier molecular flexibility index (Phi) is 5.04. The highest BCUT2D eigenvalue weighted by molar-refractivity contribution is 5.77. The van der Waals surface area contributed by atoms with E-state index in [4.69, 9.17) is 9.47 Å². The lowest BCUT2D eigenvalue weighted by Crippen LogP contribution is -2.40. The second-order valence-electron chi connectivity index (χ2n) is 5.24. The van der Waals surface area contributed by atoms with Crippen molar-refractivity contribution in [3.05, 3.63) is 60.2 Å². The molecule has 2 aromatic carbocycles. The van der Waals surface area contributed by atoms with Crippen LogP contribution in [0.5, 0.6) is 11.5 Å². The Morgan fingerprint density at radius 3 is 2.41 bits per heavy atom. The third-order valence-corrected chi connectivity index (χ3v) is 3.52. The standard InChI is InChI=1S/C18H20O4/c1-3-18(2,17(19)20)22-16-11-7-10-15(12-16)21-13-14-8-5-4-6-9-14/h4-12H,3,13H2,1-2H3,(H,19,20)/t18-/m1/s1. The van der Waals surface area contributed by atoms with Crippen LogP contribution in [0.4, 0.5) is 0 Å². The quantitative estimate of drug-likeness (QED) is 0.842. The summed E-state index contributed by atoms with van der Waals surface area (Å²) < 4.78 is 11.3. The Hall–Kier alpha value is -2.49. The fourth-order valence-corrected chi connectivity index (χ4v) is 1.90. The number of carboxylic acid groups (broad SMARTS) is 1. The van der Waals surface area contributed by atoms with E-state index >= 15 is 0 Å². The van der Waals surface area contributed by atoms with Crippen molar-refractivity contribution in [3.63, 3.8) is 0 Å². The second kappa shape index (κ2) is 6.98. The number of hydrogen-bond donors (Lipinski definition) is 1. The molecule has 2 rings (SSSR count).